The zero-order chi connectivity index (χ0) is 37.3. The Hall–Kier alpha value is -7.17. The van der Waals surface area contributed by atoms with Gasteiger partial charge in [0, 0.05) is 38.9 Å². The van der Waals surface area contributed by atoms with Crippen molar-refractivity contribution in [2.24, 2.45) is 0 Å². The van der Waals surface area contributed by atoms with Gasteiger partial charge in [0.1, 0.15) is 24.3 Å². The Morgan fingerprint density at radius 1 is 0.418 bits per heavy atom. The third-order valence-corrected chi connectivity index (χ3v) is 9.56. The van der Waals surface area contributed by atoms with Gasteiger partial charge in [0.2, 0.25) is 0 Å². The summed E-state index contributed by atoms with van der Waals surface area (Å²) in [5.41, 5.74) is 11.4. The van der Waals surface area contributed by atoms with Crippen molar-refractivity contribution >= 4 is 33.7 Å². The van der Waals surface area contributed by atoms with Gasteiger partial charge < -0.3 is 0 Å². The summed E-state index contributed by atoms with van der Waals surface area (Å²) < 4.78 is 34.5. The molecule has 0 atom stereocenters. The van der Waals surface area contributed by atoms with Crippen LogP contribution < -0.4 is 0 Å². The molecule has 266 valence electrons. The second-order valence-electron chi connectivity index (χ2n) is 12.7. The lowest BCUT2D eigenvalue weighted by Crippen LogP contribution is -1.96. The molecule has 11 heteroatoms. The SMILES string of the molecule is Fc1ccc(-n2cnc3ccc(-c4cncn4-c4ccc(Cl)cc4)cc32)cc1.Fc1ccc(-n2cnc3ccc(-c4cncn4-c4ccccc4)cc32)cc1. The number of imidazole rings is 4. The Labute approximate surface area is 318 Å². The van der Waals surface area contributed by atoms with Gasteiger partial charge >= 0.3 is 0 Å². The molecule has 6 aromatic carbocycles. The summed E-state index contributed by atoms with van der Waals surface area (Å²) in [7, 11) is 0. The van der Waals surface area contributed by atoms with Crippen LogP contribution in [0.4, 0.5) is 8.78 Å². The number of benzene rings is 6. The molecule has 0 aliphatic carbocycles. The summed E-state index contributed by atoms with van der Waals surface area (Å²) in [5, 5.41) is 0.690. The van der Waals surface area contributed by atoms with E-state index in [-0.39, 0.29) is 11.6 Å². The first-order chi connectivity index (χ1) is 27.0. The molecule has 0 saturated heterocycles. The maximum Gasteiger partial charge on any atom is 0.123 e. The molecule has 0 aliphatic rings. The van der Waals surface area contributed by atoms with Crippen molar-refractivity contribution in [3.63, 3.8) is 0 Å². The van der Waals surface area contributed by atoms with Crippen molar-refractivity contribution in [1.29, 1.82) is 0 Å². The highest BCUT2D eigenvalue weighted by molar-refractivity contribution is 6.30. The Morgan fingerprint density at radius 2 is 0.836 bits per heavy atom. The third kappa shape index (κ3) is 6.67. The van der Waals surface area contributed by atoms with Gasteiger partial charge in [-0.3, -0.25) is 18.3 Å². The molecule has 0 fully saturated rings. The van der Waals surface area contributed by atoms with Gasteiger partial charge in [0.15, 0.2) is 0 Å². The van der Waals surface area contributed by atoms with E-state index >= 15 is 0 Å². The van der Waals surface area contributed by atoms with Gasteiger partial charge in [-0.05, 0) is 109 Å². The fourth-order valence-electron chi connectivity index (χ4n) is 6.57. The average molecular weight is 743 g/mol. The Morgan fingerprint density at radius 3 is 1.31 bits per heavy atom. The van der Waals surface area contributed by atoms with Crippen LogP contribution in [-0.2, 0) is 0 Å². The standard InChI is InChI=1S/C22H14ClFN4.C22H15FN4/c23-16-2-6-18(7-3-16)27-13-25-12-22(27)15-1-10-20-21(11-15)28(14-26-20)19-8-4-17(24)5-9-19;23-17-7-9-19(10-8-17)27-15-25-20-11-6-16(12-21(20)27)22-13-24-14-26(22)18-4-2-1-3-5-18/h1-14H;1-15H. The van der Waals surface area contributed by atoms with E-state index in [2.05, 4.69) is 36.6 Å². The monoisotopic (exact) mass is 742 g/mol. The fourth-order valence-corrected chi connectivity index (χ4v) is 6.69. The van der Waals surface area contributed by atoms with Crippen LogP contribution in [0.2, 0.25) is 5.02 Å². The second-order valence-corrected chi connectivity index (χ2v) is 13.1. The van der Waals surface area contributed by atoms with Crippen molar-refractivity contribution in [2.45, 2.75) is 0 Å². The lowest BCUT2D eigenvalue weighted by atomic mass is 10.1. The molecule has 8 nitrogen and oxygen atoms in total. The van der Waals surface area contributed by atoms with Crippen molar-refractivity contribution in [2.75, 3.05) is 0 Å². The topological polar surface area (TPSA) is 71.3 Å². The van der Waals surface area contributed by atoms with E-state index in [1.807, 2.05) is 111 Å². The Kier molecular flexibility index (Phi) is 8.77. The van der Waals surface area contributed by atoms with E-state index < -0.39 is 0 Å². The summed E-state index contributed by atoms with van der Waals surface area (Å²) in [6.07, 6.45) is 10.8. The van der Waals surface area contributed by atoms with E-state index in [1.54, 1.807) is 43.2 Å². The first-order valence-electron chi connectivity index (χ1n) is 17.3. The van der Waals surface area contributed by atoms with E-state index in [0.717, 1.165) is 67.3 Å². The van der Waals surface area contributed by atoms with Crippen LogP contribution in [0.15, 0.2) is 177 Å². The normalized spacial score (nSPS) is 11.2. The minimum Gasteiger partial charge on any atom is -0.299 e. The highest BCUT2D eigenvalue weighted by atomic mass is 35.5. The molecule has 0 N–H and O–H groups in total. The molecule has 0 aliphatic heterocycles. The molecule has 0 spiro atoms. The number of halogens is 3. The Bertz CT molecular complexity index is 2890. The van der Waals surface area contributed by atoms with Crippen LogP contribution in [-0.4, -0.2) is 38.2 Å². The van der Waals surface area contributed by atoms with Crippen LogP contribution in [0.5, 0.6) is 0 Å². The summed E-state index contributed by atoms with van der Waals surface area (Å²) in [4.78, 5) is 17.6. The highest BCUT2D eigenvalue weighted by Gasteiger charge is 2.13. The van der Waals surface area contributed by atoms with E-state index in [1.165, 1.54) is 24.3 Å². The van der Waals surface area contributed by atoms with Gasteiger partial charge in [0.05, 0.1) is 58.5 Å². The van der Waals surface area contributed by atoms with Gasteiger partial charge in [0.25, 0.3) is 0 Å². The van der Waals surface area contributed by atoms with Crippen molar-refractivity contribution in [3.05, 3.63) is 194 Å². The quantitative estimate of drug-likeness (QED) is 0.170. The smallest absolute Gasteiger partial charge is 0.123 e. The van der Waals surface area contributed by atoms with Crippen LogP contribution >= 0.6 is 11.6 Å². The van der Waals surface area contributed by atoms with Crippen LogP contribution in [0, 0.1) is 11.6 Å². The molecule has 10 aromatic rings. The molecule has 0 amide bonds. The number of para-hydroxylation sites is 1. The number of aromatic nitrogens is 8. The molecule has 10 rings (SSSR count). The van der Waals surface area contributed by atoms with E-state index in [4.69, 9.17) is 11.6 Å². The van der Waals surface area contributed by atoms with E-state index in [9.17, 15) is 8.78 Å². The molecule has 0 unspecified atom stereocenters. The molecule has 0 saturated carbocycles. The molecule has 4 aromatic heterocycles. The first kappa shape index (κ1) is 33.7. The molecule has 0 bridgehead atoms. The predicted octanol–water partition coefficient (Wildman–Crippen LogP) is 10.7. The van der Waals surface area contributed by atoms with Crippen molar-refractivity contribution < 1.29 is 8.78 Å². The zero-order valence-corrected chi connectivity index (χ0v) is 29.7. The molecule has 55 heavy (non-hydrogen) atoms. The van der Waals surface area contributed by atoms with E-state index in [0.29, 0.717) is 5.02 Å². The van der Waals surface area contributed by atoms with Gasteiger partial charge in [-0.15, -0.1) is 0 Å². The summed E-state index contributed by atoms with van der Waals surface area (Å²) in [6, 6.07) is 42.7. The maximum absolute atomic E-state index is 13.3. The Balaban J connectivity index is 0.000000144. The number of hydrogen-bond acceptors (Lipinski definition) is 4. The maximum atomic E-state index is 13.3. The highest BCUT2D eigenvalue weighted by Crippen LogP contribution is 2.30. The van der Waals surface area contributed by atoms with Crippen molar-refractivity contribution in [1.82, 2.24) is 38.2 Å². The number of hydrogen-bond donors (Lipinski definition) is 0. The van der Waals surface area contributed by atoms with Gasteiger partial charge in [-0.2, -0.15) is 0 Å². The predicted molar refractivity (Wildman–Crippen MR) is 212 cm³/mol. The third-order valence-electron chi connectivity index (χ3n) is 9.31. The molecular formula is C44H29ClF2N8. The summed E-state index contributed by atoms with van der Waals surface area (Å²) >= 11 is 6.01. The molecule has 4 heterocycles. The van der Waals surface area contributed by atoms with Gasteiger partial charge in [-0.25, -0.2) is 28.7 Å². The van der Waals surface area contributed by atoms with Crippen LogP contribution in [0.25, 0.3) is 67.3 Å². The zero-order valence-electron chi connectivity index (χ0n) is 29.0. The fraction of sp³-hybridized carbons (Fsp3) is 0. The lowest BCUT2D eigenvalue weighted by molar-refractivity contribution is 0.627. The first-order valence-corrected chi connectivity index (χ1v) is 17.7. The molecule has 0 radical (unpaired) electrons. The minimum atomic E-state index is -0.263. The van der Waals surface area contributed by atoms with Crippen LogP contribution in [0.1, 0.15) is 0 Å². The molecular weight excluding hydrogens is 714 g/mol. The number of rotatable bonds is 6. The number of nitrogens with zero attached hydrogens (tertiary/aromatic N) is 8. The average Bonchev–Trinajstić information content (AvgIpc) is 4.06. The number of fused-ring (bicyclic) bond motifs is 2. The van der Waals surface area contributed by atoms with Crippen molar-refractivity contribution in [3.8, 4) is 45.3 Å². The van der Waals surface area contributed by atoms with Crippen LogP contribution in [0.3, 0.4) is 0 Å². The van der Waals surface area contributed by atoms with Gasteiger partial charge in [-0.1, -0.05) is 41.9 Å². The summed E-state index contributed by atoms with van der Waals surface area (Å²) in [6.45, 7) is 0. The second kappa shape index (κ2) is 14.3. The lowest BCUT2D eigenvalue weighted by Gasteiger charge is -2.10. The summed E-state index contributed by atoms with van der Waals surface area (Å²) in [5.74, 6) is -0.517. The minimum absolute atomic E-state index is 0.254. The largest absolute Gasteiger partial charge is 0.299 e.